The van der Waals surface area contributed by atoms with E-state index in [0.717, 1.165) is 58.1 Å². The molecule has 1 amide bonds. The molecule has 1 fully saturated rings. The summed E-state index contributed by atoms with van der Waals surface area (Å²) in [4.78, 5) is 27.6. The van der Waals surface area contributed by atoms with E-state index in [1.807, 2.05) is 67.2 Å². The lowest BCUT2D eigenvalue weighted by atomic mass is 9.96. The van der Waals surface area contributed by atoms with Gasteiger partial charge in [0.25, 0.3) is 5.91 Å². The zero-order chi connectivity index (χ0) is 28.2. The summed E-state index contributed by atoms with van der Waals surface area (Å²) in [6.07, 6.45) is 4.85. The summed E-state index contributed by atoms with van der Waals surface area (Å²) >= 11 is 0. The van der Waals surface area contributed by atoms with Gasteiger partial charge in [-0.25, -0.2) is 4.39 Å². The number of methoxy groups -OCH3 is 1. The fourth-order valence-corrected chi connectivity index (χ4v) is 5.56. The molecule has 4 aromatic rings. The Morgan fingerprint density at radius 3 is 2.38 bits per heavy atom. The Balaban J connectivity index is 1.20. The first-order chi connectivity index (χ1) is 19.3. The zero-order valence-electron chi connectivity index (χ0n) is 23.5. The van der Waals surface area contributed by atoms with Crippen LogP contribution in [0.2, 0.25) is 0 Å². The number of piperidine rings is 1. The summed E-state index contributed by atoms with van der Waals surface area (Å²) in [6, 6.07) is 16.6. The van der Waals surface area contributed by atoms with Crippen molar-refractivity contribution < 1.29 is 18.7 Å². The van der Waals surface area contributed by atoms with E-state index in [0.29, 0.717) is 38.5 Å². The highest BCUT2D eigenvalue weighted by Crippen LogP contribution is 2.27. The number of rotatable bonds is 9. The average molecular weight is 542 g/mol. The number of amides is 1. The van der Waals surface area contributed by atoms with Crippen LogP contribution in [0.3, 0.4) is 0 Å². The Bertz CT molecular complexity index is 1520. The summed E-state index contributed by atoms with van der Waals surface area (Å²) in [5.74, 6) is -0.250. The highest BCUT2D eigenvalue weighted by Gasteiger charge is 2.26. The van der Waals surface area contributed by atoms with E-state index < -0.39 is 5.82 Å². The van der Waals surface area contributed by atoms with Crippen molar-refractivity contribution in [3.8, 4) is 11.1 Å². The number of halogens is 1. The molecule has 0 atom stereocenters. The average Bonchev–Trinajstić information content (AvgIpc) is 3.37. The molecule has 0 aliphatic carbocycles. The quantitative estimate of drug-likeness (QED) is 0.176. The molecule has 1 saturated heterocycles. The van der Waals surface area contributed by atoms with Crippen LogP contribution in [0.25, 0.3) is 22.0 Å². The highest BCUT2D eigenvalue weighted by atomic mass is 19.1. The van der Waals surface area contributed by atoms with Gasteiger partial charge in [0.1, 0.15) is 5.82 Å². The molecule has 7 heteroatoms. The number of hydrogen-bond donors (Lipinski definition) is 0. The van der Waals surface area contributed by atoms with Crippen molar-refractivity contribution in [2.45, 2.75) is 46.1 Å². The second kappa shape index (κ2) is 12.1. The topological polar surface area (TPSA) is 64.4 Å². The third-order valence-electron chi connectivity index (χ3n) is 7.99. The number of likely N-dealkylation sites (tertiary alicyclic amines) is 1. The minimum atomic E-state index is -0.486. The molecule has 0 saturated carbocycles. The molecular weight excluding hydrogens is 505 g/mol. The fraction of sp³-hybridized carbons (Fsp3) is 0.364. The third-order valence-corrected chi connectivity index (χ3v) is 7.99. The lowest BCUT2D eigenvalue weighted by Gasteiger charge is -2.32. The van der Waals surface area contributed by atoms with Crippen LogP contribution in [0.4, 0.5) is 4.39 Å². The van der Waals surface area contributed by atoms with E-state index in [1.165, 1.54) is 6.07 Å². The molecule has 5 rings (SSSR count). The van der Waals surface area contributed by atoms with Crippen molar-refractivity contribution in [3.05, 3.63) is 88.9 Å². The van der Waals surface area contributed by atoms with Crippen LogP contribution in [-0.2, 0) is 11.3 Å². The number of fused-ring (bicyclic) bond motifs is 1. The number of ether oxygens (including phenoxy) is 1. The number of hydrogen-bond acceptors (Lipinski definition) is 4. The van der Waals surface area contributed by atoms with Crippen molar-refractivity contribution in [2.75, 3.05) is 26.8 Å². The van der Waals surface area contributed by atoms with Gasteiger partial charge in [-0.15, -0.1) is 0 Å². The van der Waals surface area contributed by atoms with Crippen LogP contribution >= 0.6 is 0 Å². The van der Waals surface area contributed by atoms with Crippen LogP contribution < -0.4 is 0 Å². The standard InChI is InChI=1S/C33H36FN3O3/c1-22-6-8-25(9-7-22)26-10-11-28(30(34)19-26)33(39)36-16-14-24(15-17-36)20-37-21-29-23(2)27(12-13-31(29)35-37)32(38)5-4-18-40-3/h6-13,19,21,24H,4-5,14-18,20H2,1-3H3. The van der Waals surface area contributed by atoms with E-state index >= 15 is 0 Å². The second-order valence-corrected chi connectivity index (χ2v) is 10.8. The van der Waals surface area contributed by atoms with Gasteiger partial charge in [0.05, 0.1) is 11.1 Å². The lowest BCUT2D eigenvalue weighted by Crippen LogP contribution is -2.39. The zero-order valence-corrected chi connectivity index (χ0v) is 23.5. The van der Waals surface area contributed by atoms with Gasteiger partial charge >= 0.3 is 0 Å². The second-order valence-electron chi connectivity index (χ2n) is 10.8. The molecule has 6 nitrogen and oxygen atoms in total. The molecule has 0 unspecified atom stereocenters. The maximum atomic E-state index is 15.0. The SMILES string of the molecule is COCCCC(=O)c1ccc2nn(CC3CCN(C(=O)c4ccc(-c5ccc(C)cc5)cc4F)CC3)cc2c1C. The first-order valence-corrected chi connectivity index (χ1v) is 14.0. The Morgan fingerprint density at radius 2 is 1.68 bits per heavy atom. The molecule has 2 heterocycles. The van der Waals surface area contributed by atoms with Gasteiger partial charge in [0.2, 0.25) is 0 Å². The number of Topliss-reactive ketones (excluding diaryl/α,β-unsaturated/α-hetero) is 1. The van der Waals surface area contributed by atoms with Crippen LogP contribution in [0.15, 0.2) is 60.8 Å². The first-order valence-electron chi connectivity index (χ1n) is 14.0. The summed E-state index contributed by atoms with van der Waals surface area (Å²) < 4.78 is 22.0. The normalized spacial score (nSPS) is 14.2. The van der Waals surface area contributed by atoms with E-state index in [-0.39, 0.29) is 17.3 Å². The van der Waals surface area contributed by atoms with E-state index in [1.54, 1.807) is 18.1 Å². The molecule has 1 aliphatic heterocycles. The molecule has 0 spiro atoms. The van der Waals surface area contributed by atoms with Gasteiger partial charge in [-0.1, -0.05) is 35.9 Å². The number of ketones is 1. The largest absolute Gasteiger partial charge is 0.385 e. The minimum Gasteiger partial charge on any atom is -0.385 e. The van der Waals surface area contributed by atoms with E-state index in [4.69, 9.17) is 9.84 Å². The van der Waals surface area contributed by atoms with Crippen LogP contribution in [0.1, 0.15) is 57.5 Å². The molecule has 1 aromatic heterocycles. The summed E-state index contributed by atoms with van der Waals surface area (Å²) in [6.45, 7) is 6.48. The number of nitrogens with zero attached hydrogens (tertiary/aromatic N) is 3. The summed E-state index contributed by atoms with van der Waals surface area (Å²) in [7, 11) is 1.64. The molecule has 1 aliphatic rings. The van der Waals surface area contributed by atoms with Crippen LogP contribution in [0.5, 0.6) is 0 Å². The predicted molar refractivity (Wildman–Crippen MR) is 155 cm³/mol. The fourth-order valence-electron chi connectivity index (χ4n) is 5.56. The molecule has 3 aromatic carbocycles. The Labute approximate surface area is 234 Å². The molecular formula is C33H36FN3O3. The number of carbonyl (C=O) groups is 2. The van der Waals surface area contributed by atoms with Gasteiger partial charge < -0.3 is 9.64 Å². The van der Waals surface area contributed by atoms with Gasteiger partial charge in [-0.05, 0) is 80.0 Å². The van der Waals surface area contributed by atoms with Crippen molar-refractivity contribution in [3.63, 3.8) is 0 Å². The predicted octanol–water partition coefficient (Wildman–Crippen LogP) is 6.62. The van der Waals surface area contributed by atoms with Gasteiger partial charge in [-0.2, -0.15) is 5.10 Å². The Hall–Kier alpha value is -3.84. The maximum Gasteiger partial charge on any atom is 0.256 e. The first kappa shape index (κ1) is 27.7. The van der Waals surface area contributed by atoms with Crippen molar-refractivity contribution in [1.82, 2.24) is 14.7 Å². The highest BCUT2D eigenvalue weighted by molar-refractivity contribution is 6.01. The Kier molecular flexibility index (Phi) is 8.40. The molecule has 0 N–H and O–H groups in total. The van der Waals surface area contributed by atoms with Gasteiger partial charge in [0.15, 0.2) is 5.78 Å². The number of aromatic nitrogens is 2. The van der Waals surface area contributed by atoms with Gasteiger partial charge in [-0.3, -0.25) is 14.3 Å². The van der Waals surface area contributed by atoms with Crippen LogP contribution in [0, 0.1) is 25.6 Å². The maximum absolute atomic E-state index is 15.0. The summed E-state index contributed by atoms with van der Waals surface area (Å²) in [5, 5.41) is 5.75. The third kappa shape index (κ3) is 5.99. The number of aryl methyl sites for hydroxylation is 2. The van der Waals surface area contributed by atoms with Crippen molar-refractivity contribution >= 4 is 22.6 Å². The molecule has 208 valence electrons. The number of carbonyl (C=O) groups excluding carboxylic acids is 2. The molecule has 0 bridgehead atoms. The smallest absolute Gasteiger partial charge is 0.256 e. The monoisotopic (exact) mass is 541 g/mol. The minimum absolute atomic E-state index is 0.121. The lowest BCUT2D eigenvalue weighted by molar-refractivity contribution is 0.0676. The Morgan fingerprint density at radius 1 is 0.975 bits per heavy atom. The van der Waals surface area contributed by atoms with Gasteiger partial charge in [0, 0.05) is 56.9 Å². The number of benzene rings is 3. The molecule has 40 heavy (non-hydrogen) atoms. The van der Waals surface area contributed by atoms with E-state index in [9.17, 15) is 14.0 Å². The summed E-state index contributed by atoms with van der Waals surface area (Å²) in [5.41, 5.74) is 5.54. The van der Waals surface area contributed by atoms with Crippen molar-refractivity contribution in [2.24, 2.45) is 5.92 Å². The molecule has 0 radical (unpaired) electrons. The van der Waals surface area contributed by atoms with Crippen molar-refractivity contribution in [1.29, 1.82) is 0 Å². The van der Waals surface area contributed by atoms with E-state index in [2.05, 4.69) is 0 Å². The van der Waals surface area contributed by atoms with Crippen LogP contribution in [-0.4, -0.2) is 53.2 Å².